The van der Waals surface area contributed by atoms with Gasteiger partial charge in [0.25, 0.3) is 11.6 Å². The van der Waals surface area contributed by atoms with Crippen LogP contribution in [0, 0.1) is 17.0 Å². The van der Waals surface area contributed by atoms with Crippen molar-refractivity contribution in [2.75, 3.05) is 7.11 Å². The van der Waals surface area contributed by atoms with Gasteiger partial charge in [0.2, 0.25) is 0 Å². The van der Waals surface area contributed by atoms with Crippen molar-refractivity contribution in [2.45, 2.75) is 6.92 Å². The van der Waals surface area contributed by atoms with Crippen LogP contribution < -0.4 is 10.2 Å². The van der Waals surface area contributed by atoms with Crippen molar-refractivity contribution in [3.05, 3.63) is 68.7 Å². The number of amides is 1. The van der Waals surface area contributed by atoms with E-state index >= 15 is 0 Å². The lowest BCUT2D eigenvalue weighted by Crippen LogP contribution is -2.19. The molecule has 1 heterocycles. The molecule has 3 aromatic rings. The number of hydrogen-bond acceptors (Lipinski definition) is 8. The summed E-state index contributed by atoms with van der Waals surface area (Å²) in [5.74, 6) is -0.934. The Morgan fingerprint density at radius 2 is 2.07 bits per heavy atom. The first-order chi connectivity index (χ1) is 13.9. The van der Waals surface area contributed by atoms with E-state index in [1.54, 1.807) is 6.92 Å². The fourth-order valence-electron chi connectivity index (χ4n) is 2.50. The molecule has 2 N–H and O–H groups in total. The van der Waals surface area contributed by atoms with Gasteiger partial charge in [-0.15, -0.1) is 11.3 Å². The third-order valence-corrected chi connectivity index (χ3v) is 4.94. The molecule has 1 amide bonds. The molecule has 10 heteroatoms. The standard InChI is InChI=1S/C19H16N4O5S/c1-11-16(21-19(29-11)12-6-4-3-5-7-12)18(25)22-20-10-13-8-14(23(26)27)9-15(28-2)17(13)24/h3-10,24H,1-2H3,(H,22,25)/b20-10-. The van der Waals surface area contributed by atoms with Crippen LogP contribution in [0.1, 0.15) is 20.9 Å². The highest BCUT2D eigenvalue weighted by molar-refractivity contribution is 7.15. The van der Waals surface area contributed by atoms with Crippen LogP contribution in [0.4, 0.5) is 5.69 Å². The molecule has 0 radical (unpaired) electrons. The van der Waals surface area contributed by atoms with Gasteiger partial charge < -0.3 is 9.84 Å². The zero-order chi connectivity index (χ0) is 21.0. The number of phenolic OH excluding ortho intramolecular Hbond substituents is 1. The molecule has 1 aromatic heterocycles. The molecule has 0 fully saturated rings. The summed E-state index contributed by atoms with van der Waals surface area (Å²) in [5, 5.41) is 25.6. The molecular formula is C19H16N4O5S. The number of carbonyl (C=O) groups is 1. The molecule has 0 aliphatic rings. The van der Waals surface area contributed by atoms with Crippen molar-refractivity contribution in [3.63, 3.8) is 0 Å². The Hall–Kier alpha value is -3.79. The predicted molar refractivity (Wildman–Crippen MR) is 109 cm³/mol. The minimum Gasteiger partial charge on any atom is -0.504 e. The Morgan fingerprint density at radius 1 is 1.34 bits per heavy atom. The predicted octanol–water partition coefficient (Wildman–Crippen LogP) is 3.50. The maximum absolute atomic E-state index is 12.4. The van der Waals surface area contributed by atoms with E-state index in [1.807, 2.05) is 30.3 Å². The minimum atomic E-state index is -0.623. The number of carbonyl (C=O) groups excluding carboxylic acids is 1. The van der Waals surface area contributed by atoms with Crippen molar-refractivity contribution in [1.29, 1.82) is 0 Å². The third-order valence-electron chi connectivity index (χ3n) is 3.92. The monoisotopic (exact) mass is 412 g/mol. The molecule has 0 spiro atoms. The molecule has 0 aliphatic heterocycles. The van der Waals surface area contributed by atoms with Crippen LogP contribution in [0.15, 0.2) is 47.6 Å². The average Bonchev–Trinajstić information content (AvgIpc) is 3.11. The first-order valence-corrected chi connectivity index (χ1v) is 9.14. The number of nitrogens with one attached hydrogen (secondary N) is 1. The van der Waals surface area contributed by atoms with E-state index in [0.717, 1.165) is 28.8 Å². The number of aromatic hydroxyl groups is 1. The lowest BCUT2D eigenvalue weighted by atomic mass is 10.2. The van der Waals surface area contributed by atoms with Crippen LogP contribution in [0.2, 0.25) is 0 Å². The number of hydrogen-bond donors (Lipinski definition) is 2. The zero-order valence-corrected chi connectivity index (χ0v) is 16.3. The molecule has 0 unspecified atom stereocenters. The fourth-order valence-corrected chi connectivity index (χ4v) is 3.41. The number of nitro groups is 1. The maximum atomic E-state index is 12.4. The molecule has 29 heavy (non-hydrogen) atoms. The van der Waals surface area contributed by atoms with E-state index in [-0.39, 0.29) is 28.4 Å². The molecule has 2 aromatic carbocycles. The second-order valence-electron chi connectivity index (χ2n) is 5.83. The molecule has 0 bridgehead atoms. The van der Waals surface area contributed by atoms with Crippen LogP contribution in [-0.4, -0.2) is 34.2 Å². The summed E-state index contributed by atoms with van der Waals surface area (Å²) in [5.41, 5.74) is 3.19. The number of hydrazone groups is 1. The number of nitro benzene ring substituents is 1. The van der Waals surface area contributed by atoms with E-state index in [1.165, 1.54) is 18.4 Å². The van der Waals surface area contributed by atoms with E-state index < -0.39 is 10.8 Å². The lowest BCUT2D eigenvalue weighted by molar-refractivity contribution is -0.385. The van der Waals surface area contributed by atoms with Gasteiger partial charge in [-0.05, 0) is 6.92 Å². The Bertz CT molecular complexity index is 1100. The summed E-state index contributed by atoms with van der Waals surface area (Å²) >= 11 is 1.38. The van der Waals surface area contributed by atoms with Crippen molar-refractivity contribution < 1.29 is 19.6 Å². The minimum absolute atomic E-state index is 0.0244. The molecule has 3 rings (SSSR count). The fraction of sp³-hybridized carbons (Fsp3) is 0.105. The smallest absolute Gasteiger partial charge is 0.291 e. The Kier molecular flexibility index (Phi) is 5.84. The number of aromatic nitrogens is 1. The average molecular weight is 412 g/mol. The molecule has 148 valence electrons. The number of thiazole rings is 1. The van der Waals surface area contributed by atoms with Gasteiger partial charge in [0, 0.05) is 22.1 Å². The molecule has 0 saturated heterocycles. The Balaban J connectivity index is 1.79. The van der Waals surface area contributed by atoms with Crippen molar-refractivity contribution in [2.24, 2.45) is 5.10 Å². The topological polar surface area (TPSA) is 127 Å². The van der Waals surface area contributed by atoms with Gasteiger partial charge >= 0.3 is 0 Å². The quantitative estimate of drug-likeness (QED) is 0.362. The maximum Gasteiger partial charge on any atom is 0.291 e. The van der Waals surface area contributed by atoms with Crippen molar-refractivity contribution in [3.8, 4) is 22.1 Å². The first-order valence-electron chi connectivity index (χ1n) is 8.32. The normalized spacial score (nSPS) is 10.8. The van der Waals surface area contributed by atoms with Gasteiger partial charge in [0.15, 0.2) is 11.5 Å². The molecule has 0 atom stereocenters. The number of aryl methyl sites for hydroxylation is 1. The molecule has 0 aliphatic carbocycles. The summed E-state index contributed by atoms with van der Waals surface area (Å²) in [6.45, 7) is 1.78. The highest BCUT2D eigenvalue weighted by atomic mass is 32.1. The van der Waals surface area contributed by atoms with Crippen LogP contribution in [0.3, 0.4) is 0 Å². The van der Waals surface area contributed by atoms with E-state index in [9.17, 15) is 20.0 Å². The number of methoxy groups -OCH3 is 1. The van der Waals surface area contributed by atoms with Crippen LogP contribution >= 0.6 is 11.3 Å². The van der Waals surface area contributed by atoms with E-state index in [0.29, 0.717) is 5.01 Å². The largest absolute Gasteiger partial charge is 0.504 e. The SMILES string of the molecule is COc1cc([N+](=O)[O-])cc(/C=N\NC(=O)c2nc(-c3ccccc3)sc2C)c1O. The van der Waals surface area contributed by atoms with Crippen molar-refractivity contribution >= 4 is 29.1 Å². The van der Waals surface area contributed by atoms with Gasteiger partial charge in [-0.25, -0.2) is 10.4 Å². The van der Waals surface area contributed by atoms with Gasteiger partial charge in [-0.2, -0.15) is 5.10 Å². The Labute approximate surface area is 169 Å². The van der Waals surface area contributed by atoms with Crippen LogP contribution in [0.5, 0.6) is 11.5 Å². The van der Waals surface area contributed by atoms with Gasteiger partial charge in [0.1, 0.15) is 10.7 Å². The lowest BCUT2D eigenvalue weighted by Gasteiger charge is -2.05. The second-order valence-corrected chi connectivity index (χ2v) is 7.04. The summed E-state index contributed by atoms with van der Waals surface area (Å²) in [6.07, 6.45) is 1.10. The molecule has 0 saturated carbocycles. The summed E-state index contributed by atoms with van der Waals surface area (Å²) in [7, 11) is 1.27. The van der Waals surface area contributed by atoms with Crippen LogP contribution in [-0.2, 0) is 0 Å². The number of benzene rings is 2. The number of rotatable bonds is 6. The zero-order valence-electron chi connectivity index (χ0n) is 15.4. The molecular weight excluding hydrogens is 396 g/mol. The highest BCUT2D eigenvalue weighted by Crippen LogP contribution is 2.33. The highest BCUT2D eigenvalue weighted by Gasteiger charge is 2.17. The van der Waals surface area contributed by atoms with Gasteiger partial charge in [0.05, 0.1) is 24.3 Å². The van der Waals surface area contributed by atoms with Gasteiger partial charge in [-0.1, -0.05) is 30.3 Å². The summed E-state index contributed by atoms with van der Waals surface area (Å²) in [6, 6.07) is 11.7. The van der Waals surface area contributed by atoms with Crippen molar-refractivity contribution in [1.82, 2.24) is 10.4 Å². The second kappa shape index (κ2) is 8.48. The summed E-state index contributed by atoms with van der Waals surface area (Å²) in [4.78, 5) is 27.9. The summed E-state index contributed by atoms with van der Waals surface area (Å²) < 4.78 is 4.92. The third kappa shape index (κ3) is 4.38. The number of nitrogens with zero attached hydrogens (tertiary/aromatic N) is 3. The Morgan fingerprint density at radius 3 is 2.72 bits per heavy atom. The molecule has 9 nitrogen and oxygen atoms in total. The van der Waals surface area contributed by atoms with Crippen LogP contribution in [0.25, 0.3) is 10.6 Å². The first kappa shape index (κ1) is 20.0. The van der Waals surface area contributed by atoms with E-state index in [4.69, 9.17) is 4.74 Å². The van der Waals surface area contributed by atoms with Gasteiger partial charge in [-0.3, -0.25) is 14.9 Å². The number of non-ortho nitro benzene ring substituents is 1. The van der Waals surface area contributed by atoms with E-state index in [2.05, 4.69) is 15.5 Å². The number of phenols is 1. The number of ether oxygens (including phenoxy) is 1.